The molecule has 0 unspecified atom stereocenters. The van der Waals surface area contributed by atoms with Crippen molar-refractivity contribution in [3.05, 3.63) is 69.9 Å². The SMILES string of the molecule is CCn1c(=O)c2cnc(Nc3ccc4c(c3)CNCC4)nc2n1-c1ccnc(C2(C#N)CC2)c1. The van der Waals surface area contributed by atoms with Crippen molar-refractivity contribution in [1.82, 2.24) is 29.6 Å². The summed E-state index contributed by atoms with van der Waals surface area (Å²) in [6, 6.07) is 12.4. The van der Waals surface area contributed by atoms with Gasteiger partial charge in [-0.25, -0.2) is 14.3 Å². The van der Waals surface area contributed by atoms with Crippen LogP contribution in [0.2, 0.25) is 0 Å². The molecule has 4 heterocycles. The van der Waals surface area contributed by atoms with Crippen molar-refractivity contribution in [2.45, 2.75) is 44.7 Å². The van der Waals surface area contributed by atoms with Gasteiger partial charge in [-0.15, -0.1) is 0 Å². The maximum absolute atomic E-state index is 13.1. The van der Waals surface area contributed by atoms with E-state index in [9.17, 15) is 10.1 Å². The lowest BCUT2D eigenvalue weighted by Crippen LogP contribution is -2.23. The summed E-state index contributed by atoms with van der Waals surface area (Å²) in [5.74, 6) is 0.420. The molecule has 0 bridgehead atoms. The fraction of sp³-hybridized carbons (Fsp3) is 0.320. The van der Waals surface area contributed by atoms with Crippen LogP contribution in [0.15, 0.2) is 47.5 Å². The summed E-state index contributed by atoms with van der Waals surface area (Å²) in [5, 5.41) is 16.8. The van der Waals surface area contributed by atoms with E-state index in [1.165, 1.54) is 11.1 Å². The number of anilines is 2. The second-order valence-electron chi connectivity index (χ2n) is 8.89. The van der Waals surface area contributed by atoms with Gasteiger partial charge in [0.2, 0.25) is 5.95 Å². The van der Waals surface area contributed by atoms with Crippen molar-refractivity contribution in [3.63, 3.8) is 0 Å². The van der Waals surface area contributed by atoms with Crippen molar-refractivity contribution >= 4 is 22.7 Å². The molecule has 6 rings (SSSR count). The molecule has 9 nitrogen and oxygen atoms in total. The minimum Gasteiger partial charge on any atom is -0.324 e. The number of pyridine rings is 1. The Kier molecular flexibility index (Phi) is 4.71. The predicted molar refractivity (Wildman–Crippen MR) is 128 cm³/mol. The van der Waals surface area contributed by atoms with Gasteiger partial charge in [-0.1, -0.05) is 6.07 Å². The van der Waals surface area contributed by atoms with E-state index in [1.807, 2.05) is 25.1 Å². The maximum Gasteiger partial charge on any atom is 0.278 e. The van der Waals surface area contributed by atoms with Crippen LogP contribution in [-0.4, -0.2) is 30.9 Å². The summed E-state index contributed by atoms with van der Waals surface area (Å²) < 4.78 is 3.44. The van der Waals surface area contributed by atoms with Gasteiger partial charge in [0.15, 0.2) is 5.65 Å². The van der Waals surface area contributed by atoms with E-state index < -0.39 is 5.41 Å². The standard InChI is InChI=1S/C25H24N8O/c1-2-32-23(34)20-14-29-24(30-18-4-3-16-5-9-27-13-17(16)11-18)31-22(20)33(32)19-6-10-28-21(12-19)25(15-26)7-8-25/h3-4,6,10-12,14,27H,2,5,7-9,13H2,1H3,(H,29,30,31). The Balaban J connectivity index is 1.44. The van der Waals surface area contributed by atoms with Gasteiger partial charge in [0.25, 0.3) is 5.56 Å². The number of fused-ring (bicyclic) bond motifs is 2. The average Bonchev–Trinajstić information content (AvgIpc) is 3.63. The van der Waals surface area contributed by atoms with E-state index in [0.29, 0.717) is 23.5 Å². The molecule has 0 spiro atoms. The lowest BCUT2D eigenvalue weighted by atomic mass is 10.0. The summed E-state index contributed by atoms with van der Waals surface area (Å²) in [7, 11) is 0. The number of hydrogen-bond donors (Lipinski definition) is 2. The third kappa shape index (κ3) is 3.26. The molecule has 1 aliphatic carbocycles. The molecule has 170 valence electrons. The van der Waals surface area contributed by atoms with Crippen LogP contribution in [0, 0.1) is 11.3 Å². The fourth-order valence-electron chi connectivity index (χ4n) is 4.69. The van der Waals surface area contributed by atoms with E-state index in [-0.39, 0.29) is 5.56 Å². The largest absolute Gasteiger partial charge is 0.324 e. The zero-order chi connectivity index (χ0) is 23.3. The minimum atomic E-state index is -0.515. The highest BCUT2D eigenvalue weighted by Crippen LogP contribution is 2.46. The van der Waals surface area contributed by atoms with Crippen LogP contribution >= 0.6 is 0 Å². The number of nitrogens with one attached hydrogen (secondary N) is 2. The molecule has 2 aliphatic rings. The first-order chi connectivity index (χ1) is 16.6. The zero-order valence-corrected chi connectivity index (χ0v) is 18.9. The van der Waals surface area contributed by atoms with Crippen molar-refractivity contribution in [2.24, 2.45) is 0 Å². The van der Waals surface area contributed by atoms with Crippen LogP contribution in [0.5, 0.6) is 0 Å². The Morgan fingerprint density at radius 2 is 2.09 bits per heavy atom. The third-order valence-electron chi connectivity index (χ3n) is 6.77. The number of hydrogen-bond acceptors (Lipinski definition) is 7. The van der Waals surface area contributed by atoms with Crippen LogP contribution in [0.3, 0.4) is 0 Å². The number of benzene rings is 1. The summed E-state index contributed by atoms with van der Waals surface area (Å²) in [4.78, 5) is 26.7. The lowest BCUT2D eigenvalue weighted by molar-refractivity contribution is 0.574. The van der Waals surface area contributed by atoms with E-state index >= 15 is 0 Å². The van der Waals surface area contributed by atoms with Crippen LogP contribution in [0.4, 0.5) is 11.6 Å². The number of rotatable bonds is 5. The molecule has 1 aliphatic heterocycles. The normalized spacial score (nSPS) is 16.1. The molecule has 2 N–H and O–H groups in total. The first-order valence-corrected chi connectivity index (χ1v) is 11.6. The quantitative estimate of drug-likeness (QED) is 0.479. The van der Waals surface area contributed by atoms with Crippen molar-refractivity contribution < 1.29 is 0 Å². The van der Waals surface area contributed by atoms with Gasteiger partial charge >= 0.3 is 0 Å². The van der Waals surface area contributed by atoms with Crippen molar-refractivity contribution in [3.8, 4) is 11.8 Å². The summed E-state index contributed by atoms with van der Waals surface area (Å²) >= 11 is 0. The van der Waals surface area contributed by atoms with Gasteiger partial charge in [0.1, 0.15) is 5.39 Å². The molecule has 1 fully saturated rings. The molecule has 1 saturated carbocycles. The first kappa shape index (κ1) is 20.6. The minimum absolute atomic E-state index is 0.149. The van der Waals surface area contributed by atoms with Gasteiger partial charge in [-0.05, 0) is 68.1 Å². The smallest absolute Gasteiger partial charge is 0.278 e. The Hall–Kier alpha value is -4.03. The van der Waals surface area contributed by atoms with Crippen LogP contribution in [0.25, 0.3) is 16.7 Å². The molecule has 0 saturated heterocycles. The Bertz CT molecular complexity index is 1520. The van der Waals surface area contributed by atoms with Crippen molar-refractivity contribution in [2.75, 3.05) is 11.9 Å². The van der Waals surface area contributed by atoms with Gasteiger partial charge in [-0.2, -0.15) is 10.2 Å². The summed E-state index contributed by atoms with van der Waals surface area (Å²) in [6.45, 7) is 4.23. The second-order valence-corrected chi connectivity index (χ2v) is 8.89. The third-order valence-corrected chi connectivity index (χ3v) is 6.77. The van der Waals surface area contributed by atoms with Gasteiger partial charge in [0.05, 0.1) is 22.9 Å². The molecule has 3 aromatic heterocycles. The lowest BCUT2D eigenvalue weighted by Gasteiger charge is -2.18. The van der Waals surface area contributed by atoms with E-state index in [2.05, 4.69) is 38.8 Å². The summed E-state index contributed by atoms with van der Waals surface area (Å²) in [6.07, 6.45) is 5.91. The van der Waals surface area contributed by atoms with Crippen LogP contribution in [0.1, 0.15) is 36.6 Å². The van der Waals surface area contributed by atoms with Gasteiger partial charge < -0.3 is 10.6 Å². The summed E-state index contributed by atoms with van der Waals surface area (Å²) in [5.41, 5.74) is 4.87. The Labute approximate surface area is 196 Å². The van der Waals surface area contributed by atoms with E-state index in [4.69, 9.17) is 4.98 Å². The molecule has 4 aromatic rings. The number of nitrogens with zero attached hydrogens (tertiary/aromatic N) is 6. The molecule has 0 amide bonds. The fourth-order valence-corrected chi connectivity index (χ4v) is 4.69. The Morgan fingerprint density at radius 1 is 1.21 bits per heavy atom. The van der Waals surface area contributed by atoms with E-state index in [0.717, 1.165) is 49.4 Å². The molecule has 34 heavy (non-hydrogen) atoms. The van der Waals surface area contributed by atoms with E-state index in [1.54, 1.807) is 21.8 Å². The molecule has 1 aromatic carbocycles. The zero-order valence-electron chi connectivity index (χ0n) is 18.9. The molecular formula is C25H24N8O. The van der Waals surface area contributed by atoms with Gasteiger partial charge in [-0.3, -0.25) is 9.78 Å². The Morgan fingerprint density at radius 3 is 2.88 bits per heavy atom. The molecule has 0 radical (unpaired) electrons. The molecular weight excluding hydrogens is 428 g/mol. The molecule has 9 heteroatoms. The number of aromatic nitrogens is 5. The first-order valence-electron chi connectivity index (χ1n) is 11.6. The van der Waals surface area contributed by atoms with Crippen LogP contribution < -0.4 is 16.2 Å². The van der Waals surface area contributed by atoms with Crippen molar-refractivity contribution in [1.29, 1.82) is 5.26 Å². The monoisotopic (exact) mass is 452 g/mol. The van der Waals surface area contributed by atoms with Crippen LogP contribution in [-0.2, 0) is 24.9 Å². The highest BCUT2D eigenvalue weighted by molar-refractivity contribution is 5.77. The maximum atomic E-state index is 13.1. The number of nitriles is 1. The highest BCUT2D eigenvalue weighted by Gasteiger charge is 2.46. The molecule has 0 atom stereocenters. The predicted octanol–water partition coefficient (Wildman–Crippen LogP) is 2.94. The average molecular weight is 453 g/mol. The van der Waals surface area contributed by atoms with Gasteiger partial charge in [0, 0.05) is 31.2 Å². The topological polar surface area (TPSA) is 113 Å². The highest BCUT2D eigenvalue weighted by atomic mass is 16.1. The second kappa shape index (κ2) is 7.78.